The van der Waals surface area contributed by atoms with Gasteiger partial charge in [0.25, 0.3) is 0 Å². The lowest BCUT2D eigenvalue weighted by molar-refractivity contribution is -0.137. The van der Waals surface area contributed by atoms with Crippen molar-refractivity contribution in [1.29, 1.82) is 0 Å². The fourth-order valence-electron chi connectivity index (χ4n) is 3.65. The molecule has 2 N–H and O–H groups in total. The summed E-state index contributed by atoms with van der Waals surface area (Å²) in [5.41, 5.74) is 0.145. The summed E-state index contributed by atoms with van der Waals surface area (Å²) in [7, 11) is -3.52. The fourth-order valence-corrected chi connectivity index (χ4v) is 4.81. The molecule has 0 amide bonds. The van der Waals surface area contributed by atoms with Crippen molar-refractivity contribution in [3.8, 4) is 0 Å². The van der Waals surface area contributed by atoms with Crippen molar-refractivity contribution in [2.24, 2.45) is 5.41 Å². The molecule has 0 heterocycles. The van der Waals surface area contributed by atoms with Gasteiger partial charge >= 0.3 is 5.97 Å². The van der Waals surface area contributed by atoms with Crippen LogP contribution in [0.4, 0.5) is 0 Å². The molecule has 2 rings (SSSR count). The molecule has 0 aromatic heterocycles. The molecule has 1 aliphatic rings. The zero-order valence-corrected chi connectivity index (χ0v) is 17.1. The number of allylic oxidation sites excluding steroid dienone is 2. The topological polar surface area (TPSA) is 83.5 Å². The quantitative estimate of drug-likeness (QED) is 0.404. The molecule has 0 unspecified atom stereocenters. The number of sulfonamides is 1. The summed E-state index contributed by atoms with van der Waals surface area (Å²) in [6.45, 7) is 0.414. The molecule has 0 atom stereocenters. The lowest BCUT2D eigenvalue weighted by Crippen LogP contribution is -2.29. The van der Waals surface area contributed by atoms with Gasteiger partial charge in [0, 0.05) is 18.0 Å². The molecule has 1 saturated carbocycles. The van der Waals surface area contributed by atoms with Crippen LogP contribution in [-0.4, -0.2) is 26.0 Å². The van der Waals surface area contributed by atoms with Crippen LogP contribution in [0.3, 0.4) is 0 Å². The normalized spacial score (nSPS) is 16.8. The van der Waals surface area contributed by atoms with Crippen LogP contribution in [0.25, 0.3) is 0 Å². The first-order chi connectivity index (χ1) is 12.8. The van der Waals surface area contributed by atoms with Crippen LogP contribution in [0.2, 0.25) is 5.02 Å². The smallest absolute Gasteiger partial charge is 0.303 e. The van der Waals surface area contributed by atoms with Crippen molar-refractivity contribution >= 4 is 27.6 Å². The van der Waals surface area contributed by atoms with E-state index in [1.807, 2.05) is 0 Å². The Morgan fingerprint density at radius 1 is 1.19 bits per heavy atom. The first-order valence-electron chi connectivity index (χ1n) is 9.45. The van der Waals surface area contributed by atoms with E-state index in [0.29, 0.717) is 18.0 Å². The molecule has 27 heavy (non-hydrogen) atoms. The Hall–Kier alpha value is -1.37. The number of nitrogens with one attached hydrogen (secondary N) is 1. The Labute approximate surface area is 166 Å². The molecule has 150 valence electrons. The summed E-state index contributed by atoms with van der Waals surface area (Å²) in [5.74, 6) is -0.761. The van der Waals surface area contributed by atoms with E-state index in [9.17, 15) is 13.2 Å². The Bertz CT molecular complexity index is 738. The number of carboxylic acids is 1. The Kier molecular flexibility index (Phi) is 8.32. The summed E-state index contributed by atoms with van der Waals surface area (Å²) < 4.78 is 27.5. The molecular weight excluding hydrogens is 386 g/mol. The van der Waals surface area contributed by atoms with E-state index in [2.05, 4.69) is 16.9 Å². The molecule has 5 nitrogen and oxygen atoms in total. The highest BCUT2D eigenvalue weighted by Gasteiger charge is 2.32. The van der Waals surface area contributed by atoms with Gasteiger partial charge in [0.05, 0.1) is 4.90 Å². The van der Waals surface area contributed by atoms with Gasteiger partial charge in [-0.1, -0.05) is 36.6 Å². The van der Waals surface area contributed by atoms with E-state index in [1.54, 1.807) is 12.1 Å². The molecule has 1 fully saturated rings. The molecule has 0 spiro atoms. The Morgan fingerprint density at radius 3 is 2.48 bits per heavy atom. The van der Waals surface area contributed by atoms with Gasteiger partial charge in [0.2, 0.25) is 10.0 Å². The second kappa shape index (κ2) is 10.2. The number of carbonyl (C=O) groups is 1. The summed E-state index contributed by atoms with van der Waals surface area (Å²) in [5, 5.41) is 9.16. The number of halogens is 1. The monoisotopic (exact) mass is 413 g/mol. The minimum Gasteiger partial charge on any atom is -0.481 e. The number of hydrogen-bond donors (Lipinski definition) is 2. The Balaban J connectivity index is 1.84. The van der Waals surface area contributed by atoms with E-state index in [4.69, 9.17) is 16.7 Å². The van der Waals surface area contributed by atoms with Crippen LogP contribution in [0.15, 0.2) is 41.3 Å². The fraction of sp³-hybridized carbons (Fsp3) is 0.550. The van der Waals surface area contributed by atoms with Crippen molar-refractivity contribution in [3.05, 3.63) is 41.4 Å². The number of hydrogen-bond acceptors (Lipinski definition) is 3. The van der Waals surface area contributed by atoms with Gasteiger partial charge < -0.3 is 5.11 Å². The van der Waals surface area contributed by atoms with Crippen LogP contribution < -0.4 is 4.72 Å². The predicted molar refractivity (Wildman–Crippen MR) is 107 cm³/mol. The SMILES string of the molecule is O=C(O)CCCC=CCC1(CCNS(=O)(=O)c2ccc(Cl)cc2)CCCC1. The highest BCUT2D eigenvalue weighted by molar-refractivity contribution is 7.89. The van der Waals surface area contributed by atoms with Gasteiger partial charge in [0.15, 0.2) is 0 Å². The van der Waals surface area contributed by atoms with Crippen LogP contribution in [-0.2, 0) is 14.8 Å². The molecule has 0 bridgehead atoms. The maximum Gasteiger partial charge on any atom is 0.303 e. The van der Waals surface area contributed by atoms with E-state index in [-0.39, 0.29) is 16.7 Å². The minimum absolute atomic E-state index is 0.145. The maximum atomic E-state index is 12.4. The van der Waals surface area contributed by atoms with Crippen molar-refractivity contribution in [1.82, 2.24) is 4.72 Å². The number of unbranched alkanes of at least 4 members (excludes halogenated alkanes) is 1. The number of aliphatic carboxylic acids is 1. The third kappa shape index (κ3) is 7.28. The zero-order chi connectivity index (χ0) is 19.8. The highest BCUT2D eigenvalue weighted by atomic mass is 35.5. The third-order valence-corrected chi connectivity index (χ3v) is 6.94. The van der Waals surface area contributed by atoms with E-state index >= 15 is 0 Å². The summed E-state index contributed by atoms with van der Waals surface area (Å²) in [4.78, 5) is 10.8. The van der Waals surface area contributed by atoms with Crippen LogP contribution in [0.1, 0.15) is 57.8 Å². The zero-order valence-electron chi connectivity index (χ0n) is 15.5. The number of benzene rings is 1. The lowest BCUT2D eigenvalue weighted by Gasteiger charge is -2.28. The van der Waals surface area contributed by atoms with Gasteiger partial charge in [0.1, 0.15) is 0 Å². The molecular formula is C20H28ClNO4S. The maximum absolute atomic E-state index is 12.4. The molecule has 0 aliphatic heterocycles. The van der Waals surface area contributed by atoms with Crippen molar-refractivity contribution in [2.45, 2.75) is 62.7 Å². The lowest BCUT2D eigenvalue weighted by atomic mass is 9.79. The molecule has 1 aliphatic carbocycles. The van der Waals surface area contributed by atoms with Crippen molar-refractivity contribution in [3.63, 3.8) is 0 Å². The largest absolute Gasteiger partial charge is 0.481 e. The van der Waals surface area contributed by atoms with Crippen molar-refractivity contribution in [2.75, 3.05) is 6.54 Å². The molecule has 1 aromatic rings. The summed E-state index contributed by atoms with van der Waals surface area (Å²) in [6.07, 6.45) is 12.1. The van der Waals surface area contributed by atoms with Gasteiger partial charge in [-0.3, -0.25) is 4.79 Å². The molecule has 1 aromatic carbocycles. The first kappa shape index (κ1) is 21.9. The van der Waals surface area contributed by atoms with Crippen molar-refractivity contribution < 1.29 is 18.3 Å². The number of carboxylic acid groups (broad SMARTS) is 1. The second-order valence-electron chi connectivity index (χ2n) is 7.27. The van der Waals surface area contributed by atoms with Gasteiger partial charge in [-0.15, -0.1) is 0 Å². The van der Waals surface area contributed by atoms with Gasteiger partial charge in [-0.2, -0.15) is 0 Å². The molecule has 0 saturated heterocycles. The molecule has 7 heteroatoms. The average molecular weight is 414 g/mol. The summed E-state index contributed by atoms with van der Waals surface area (Å²) in [6, 6.07) is 6.17. The van der Waals surface area contributed by atoms with Gasteiger partial charge in [-0.05, 0) is 68.2 Å². The summed E-state index contributed by atoms with van der Waals surface area (Å²) >= 11 is 5.82. The Morgan fingerprint density at radius 2 is 1.85 bits per heavy atom. The second-order valence-corrected chi connectivity index (χ2v) is 9.47. The third-order valence-electron chi connectivity index (χ3n) is 5.21. The molecule has 0 radical (unpaired) electrons. The van der Waals surface area contributed by atoms with Crippen LogP contribution >= 0.6 is 11.6 Å². The van der Waals surface area contributed by atoms with E-state index in [0.717, 1.165) is 32.1 Å². The average Bonchev–Trinajstić information content (AvgIpc) is 3.07. The minimum atomic E-state index is -3.52. The van der Waals surface area contributed by atoms with Crippen LogP contribution in [0.5, 0.6) is 0 Å². The van der Waals surface area contributed by atoms with E-state index in [1.165, 1.54) is 25.0 Å². The standard InChI is InChI=1S/C20H28ClNO4S/c21-17-8-10-18(11-9-17)27(25,26)22-16-15-20(13-5-6-14-20)12-4-2-1-3-7-19(23)24/h2,4,8-11,22H,1,3,5-7,12-16H2,(H,23,24). The highest BCUT2D eigenvalue weighted by Crippen LogP contribution is 2.44. The van der Waals surface area contributed by atoms with Crippen LogP contribution in [0, 0.1) is 5.41 Å². The van der Waals surface area contributed by atoms with E-state index < -0.39 is 16.0 Å². The number of rotatable bonds is 11. The first-order valence-corrected chi connectivity index (χ1v) is 11.3. The van der Waals surface area contributed by atoms with Gasteiger partial charge in [-0.25, -0.2) is 13.1 Å². The predicted octanol–water partition coefficient (Wildman–Crippen LogP) is 4.77.